The van der Waals surface area contributed by atoms with Crippen LogP contribution in [0.4, 0.5) is 5.69 Å². The lowest BCUT2D eigenvalue weighted by Crippen LogP contribution is -2.43. The summed E-state index contributed by atoms with van der Waals surface area (Å²) in [6.45, 7) is 9.95. The molecule has 1 heterocycles. The van der Waals surface area contributed by atoms with Crippen molar-refractivity contribution in [3.63, 3.8) is 0 Å². The van der Waals surface area contributed by atoms with E-state index in [1.807, 2.05) is 0 Å². The standard InChI is InChI=1S/C16H22N2/c1-12-6-5-7-15(13(12)2)18-11-9-14(8-10-17)16(18,3)4/h5-7,14H,8-9,11H2,1-4H3. The molecule has 0 saturated carbocycles. The van der Waals surface area contributed by atoms with Gasteiger partial charge in [0.2, 0.25) is 0 Å². The van der Waals surface area contributed by atoms with Crippen LogP contribution in [0, 0.1) is 31.1 Å². The summed E-state index contributed by atoms with van der Waals surface area (Å²) < 4.78 is 0. The maximum absolute atomic E-state index is 8.95. The van der Waals surface area contributed by atoms with E-state index in [1.165, 1.54) is 16.8 Å². The first-order valence-electron chi connectivity index (χ1n) is 6.69. The van der Waals surface area contributed by atoms with Gasteiger partial charge in [0, 0.05) is 24.2 Å². The molecule has 2 heteroatoms. The molecule has 1 aliphatic heterocycles. The van der Waals surface area contributed by atoms with Crippen molar-refractivity contribution in [2.75, 3.05) is 11.4 Å². The summed E-state index contributed by atoms with van der Waals surface area (Å²) in [4.78, 5) is 2.48. The largest absolute Gasteiger partial charge is 0.366 e. The van der Waals surface area contributed by atoms with Gasteiger partial charge in [-0.05, 0) is 57.2 Å². The quantitative estimate of drug-likeness (QED) is 0.788. The smallest absolute Gasteiger partial charge is 0.0625 e. The maximum Gasteiger partial charge on any atom is 0.0625 e. The van der Waals surface area contributed by atoms with E-state index < -0.39 is 0 Å². The first-order chi connectivity index (χ1) is 8.48. The van der Waals surface area contributed by atoms with Gasteiger partial charge in [0.1, 0.15) is 0 Å². The van der Waals surface area contributed by atoms with Crippen LogP contribution in [-0.2, 0) is 0 Å². The summed E-state index contributed by atoms with van der Waals surface area (Å²) in [5.41, 5.74) is 4.12. The van der Waals surface area contributed by atoms with E-state index in [2.05, 4.69) is 56.9 Å². The molecule has 1 aromatic carbocycles. The molecule has 96 valence electrons. The zero-order valence-corrected chi connectivity index (χ0v) is 11.8. The van der Waals surface area contributed by atoms with Gasteiger partial charge < -0.3 is 4.90 Å². The Morgan fingerprint density at radius 3 is 2.78 bits per heavy atom. The Balaban J connectivity index is 2.36. The first-order valence-corrected chi connectivity index (χ1v) is 6.69. The fourth-order valence-corrected chi connectivity index (χ4v) is 3.07. The van der Waals surface area contributed by atoms with Gasteiger partial charge in [-0.25, -0.2) is 0 Å². The predicted octanol–water partition coefficient (Wildman–Crippen LogP) is 3.82. The molecule has 0 spiro atoms. The van der Waals surface area contributed by atoms with Gasteiger partial charge in [-0.1, -0.05) is 12.1 Å². The number of anilines is 1. The molecule has 1 fully saturated rings. The van der Waals surface area contributed by atoms with Crippen molar-refractivity contribution in [3.05, 3.63) is 29.3 Å². The Labute approximate surface area is 110 Å². The zero-order chi connectivity index (χ0) is 13.3. The average molecular weight is 242 g/mol. The second kappa shape index (κ2) is 4.65. The number of nitriles is 1. The summed E-state index contributed by atoms with van der Waals surface area (Å²) in [7, 11) is 0. The molecule has 0 N–H and O–H groups in total. The van der Waals surface area contributed by atoms with Crippen LogP contribution in [0.15, 0.2) is 18.2 Å². The molecular formula is C16H22N2. The van der Waals surface area contributed by atoms with E-state index >= 15 is 0 Å². The second-order valence-electron chi connectivity index (χ2n) is 5.87. The van der Waals surface area contributed by atoms with E-state index in [4.69, 9.17) is 5.26 Å². The predicted molar refractivity (Wildman–Crippen MR) is 75.7 cm³/mol. The Morgan fingerprint density at radius 1 is 1.39 bits per heavy atom. The molecule has 2 nitrogen and oxygen atoms in total. The number of aryl methyl sites for hydroxylation is 1. The molecule has 0 bridgehead atoms. The van der Waals surface area contributed by atoms with Crippen molar-refractivity contribution in [2.45, 2.75) is 46.1 Å². The van der Waals surface area contributed by atoms with Crippen LogP contribution in [0.5, 0.6) is 0 Å². The van der Waals surface area contributed by atoms with Crippen LogP contribution in [0.25, 0.3) is 0 Å². The Kier molecular flexibility index (Phi) is 3.34. The van der Waals surface area contributed by atoms with Crippen molar-refractivity contribution < 1.29 is 0 Å². The molecule has 2 rings (SSSR count). The summed E-state index contributed by atoms with van der Waals surface area (Å²) >= 11 is 0. The van der Waals surface area contributed by atoms with Crippen molar-refractivity contribution in [1.29, 1.82) is 5.26 Å². The number of rotatable bonds is 2. The van der Waals surface area contributed by atoms with Crippen molar-refractivity contribution in [3.8, 4) is 6.07 Å². The average Bonchev–Trinajstić information content (AvgIpc) is 2.60. The molecular weight excluding hydrogens is 220 g/mol. The molecule has 0 aromatic heterocycles. The van der Waals surface area contributed by atoms with Gasteiger partial charge in [-0.2, -0.15) is 5.26 Å². The first kappa shape index (κ1) is 13.0. The van der Waals surface area contributed by atoms with Crippen LogP contribution < -0.4 is 4.90 Å². The van der Waals surface area contributed by atoms with Crippen molar-refractivity contribution in [1.82, 2.24) is 0 Å². The zero-order valence-electron chi connectivity index (χ0n) is 11.8. The van der Waals surface area contributed by atoms with E-state index in [1.54, 1.807) is 0 Å². The summed E-state index contributed by atoms with van der Waals surface area (Å²) in [5.74, 6) is 0.474. The summed E-state index contributed by atoms with van der Waals surface area (Å²) in [6.07, 6.45) is 1.78. The third-order valence-electron chi connectivity index (χ3n) is 4.60. The molecule has 1 atom stereocenters. The Hall–Kier alpha value is -1.49. The highest BCUT2D eigenvalue weighted by atomic mass is 15.2. The minimum Gasteiger partial charge on any atom is -0.366 e. The van der Waals surface area contributed by atoms with E-state index in [0.29, 0.717) is 12.3 Å². The van der Waals surface area contributed by atoms with Crippen LogP contribution in [0.2, 0.25) is 0 Å². The molecule has 1 unspecified atom stereocenters. The van der Waals surface area contributed by atoms with Gasteiger partial charge in [-0.15, -0.1) is 0 Å². The van der Waals surface area contributed by atoms with Crippen molar-refractivity contribution in [2.24, 2.45) is 5.92 Å². The lowest BCUT2D eigenvalue weighted by atomic mass is 9.86. The van der Waals surface area contributed by atoms with Gasteiger partial charge >= 0.3 is 0 Å². The van der Waals surface area contributed by atoms with Crippen LogP contribution in [0.3, 0.4) is 0 Å². The molecule has 1 aromatic rings. The number of hydrogen-bond donors (Lipinski definition) is 0. The van der Waals surface area contributed by atoms with E-state index in [0.717, 1.165) is 13.0 Å². The number of hydrogen-bond acceptors (Lipinski definition) is 2. The van der Waals surface area contributed by atoms with Gasteiger partial charge in [0.25, 0.3) is 0 Å². The maximum atomic E-state index is 8.95. The fraction of sp³-hybridized carbons (Fsp3) is 0.562. The number of nitrogens with zero attached hydrogens (tertiary/aromatic N) is 2. The second-order valence-corrected chi connectivity index (χ2v) is 5.87. The minimum absolute atomic E-state index is 0.0777. The molecule has 18 heavy (non-hydrogen) atoms. The number of benzene rings is 1. The molecule has 1 aliphatic rings. The van der Waals surface area contributed by atoms with Crippen molar-refractivity contribution >= 4 is 5.69 Å². The minimum atomic E-state index is 0.0777. The van der Waals surface area contributed by atoms with E-state index in [-0.39, 0.29) is 5.54 Å². The molecule has 0 radical (unpaired) electrons. The van der Waals surface area contributed by atoms with Crippen LogP contribution >= 0.6 is 0 Å². The van der Waals surface area contributed by atoms with Crippen LogP contribution in [0.1, 0.15) is 37.8 Å². The third kappa shape index (κ3) is 1.99. The Morgan fingerprint density at radius 2 is 2.11 bits per heavy atom. The molecule has 0 amide bonds. The van der Waals surface area contributed by atoms with E-state index in [9.17, 15) is 0 Å². The topological polar surface area (TPSA) is 27.0 Å². The van der Waals surface area contributed by atoms with Gasteiger partial charge in [0.15, 0.2) is 0 Å². The fourth-order valence-electron chi connectivity index (χ4n) is 3.07. The van der Waals surface area contributed by atoms with Crippen LogP contribution in [-0.4, -0.2) is 12.1 Å². The highest BCUT2D eigenvalue weighted by molar-refractivity contribution is 5.58. The molecule has 1 saturated heterocycles. The highest BCUT2D eigenvalue weighted by Crippen LogP contribution is 2.41. The SMILES string of the molecule is Cc1cccc(N2CCC(CC#N)C2(C)C)c1C. The molecule has 0 aliphatic carbocycles. The third-order valence-corrected chi connectivity index (χ3v) is 4.60. The lowest BCUT2D eigenvalue weighted by Gasteiger charge is -2.38. The monoisotopic (exact) mass is 242 g/mol. The van der Waals surface area contributed by atoms with Gasteiger partial charge in [0.05, 0.1) is 6.07 Å². The summed E-state index contributed by atoms with van der Waals surface area (Å²) in [5, 5.41) is 8.95. The lowest BCUT2D eigenvalue weighted by molar-refractivity contribution is 0.371. The Bertz CT molecular complexity index is 482. The van der Waals surface area contributed by atoms with Gasteiger partial charge in [-0.3, -0.25) is 0 Å². The summed E-state index contributed by atoms with van der Waals surface area (Å²) in [6, 6.07) is 8.84. The highest BCUT2D eigenvalue weighted by Gasteiger charge is 2.41. The normalized spacial score (nSPS) is 21.9.